The summed E-state index contributed by atoms with van der Waals surface area (Å²) in [4.78, 5) is 5.18. The Labute approximate surface area is 205 Å². The van der Waals surface area contributed by atoms with Crippen LogP contribution in [-0.4, -0.2) is 48.6 Å². The SMILES string of the molecule is CCCCCC(c1ccc(C#N)c(C)c1)N1CCN(CCC(CC)Oc2ccc(F)cc2)CC1. The number of unbranched alkanes of at least 4 members (excludes halogenated alkanes) is 2. The largest absolute Gasteiger partial charge is 0.490 e. The average molecular weight is 466 g/mol. The van der Waals surface area contributed by atoms with E-state index in [1.54, 1.807) is 12.1 Å². The van der Waals surface area contributed by atoms with Crippen LogP contribution in [0.1, 0.15) is 75.1 Å². The van der Waals surface area contributed by atoms with Gasteiger partial charge in [-0.25, -0.2) is 4.39 Å². The summed E-state index contributed by atoms with van der Waals surface area (Å²) in [5, 5.41) is 9.31. The maximum Gasteiger partial charge on any atom is 0.123 e. The summed E-state index contributed by atoms with van der Waals surface area (Å²) in [5.74, 6) is 0.508. The lowest BCUT2D eigenvalue weighted by Crippen LogP contribution is -2.48. The molecule has 0 saturated carbocycles. The van der Waals surface area contributed by atoms with E-state index in [0.717, 1.165) is 62.4 Å². The molecule has 0 bridgehead atoms. The van der Waals surface area contributed by atoms with Gasteiger partial charge in [-0.2, -0.15) is 5.26 Å². The Hall–Kier alpha value is -2.42. The van der Waals surface area contributed by atoms with Crippen LogP contribution < -0.4 is 4.74 Å². The maximum atomic E-state index is 13.2. The highest BCUT2D eigenvalue weighted by Gasteiger charge is 2.25. The molecule has 0 aliphatic carbocycles. The molecule has 2 aromatic carbocycles. The van der Waals surface area contributed by atoms with E-state index in [2.05, 4.69) is 41.8 Å². The second kappa shape index (κ2) is 13.5. The van der Waals surface area contributed by atoms with Crippen LogP contribution in [0.2, 0.25) is 0 Å². The van der Waals surface area contributed by atoms with Gasteiger partial charge in [-0.3, -0.25) is 4.90 Å². The first-order chi connectivity index (χ1) is 16.5. The third kappa shape index (κ3) is 7.55. The van der Waals surface area contributed by atoms with Crippen LogP contribution in [-0.2, 0) is 0 Å². The fraction of sp³-hybridized carbons (Fsp3) is 0.552. The number of piperazine rings is 1. The molecule has 34 heavy (non-hydrogen) atoms. The maximum absolute atomic E-state index is 13.2. The highest BCUT2D eigenvalue weighted by molar-refractivity contribution is 5.40. The van der Waals surface area contributed by atoms with Gasteiger partial charge in [0.05, 0.1) is 17.7 Å². The molecule has 0 aromatic heterocycles. The molecule has 2 atom stereocenters. The number of hydrogen-bond donors (Lipinski definition) is 0. The Kier molecular flexibility index (Phi) is 10.4. The normalized spacial score (nSPS) is 16.7. The molecule has 1 aliphatic heterocycles. The van der Waals surface area contributed by atoms with Crippen LogP contribution in [0.4, 0.5) is 4.39 Å². The first-order valence-corrected chi connectivity index (χ1v) is 12.9. The Balaban J connectivity index is 1.54. The molecule has 1 aliphatic rings. The molecule has 0 amide bonds. The van der Waals surface area contributed by atoms with Crippen LogP contribution in [0.5, 0.6) is 5.75 Å². The summed E-state index contributed by atoms with van der Waals surface area (Å²) in [6, 6.07) is 15.4. The van der Waals surface area contributed by atoms with E-state index in [-0.39, 0.29) is 11.9 Å². The third-order valence-corrected chi connectivity index (χ3v) is 7.02. The molecule has 2 aromatic rings. The fourth-order valence-electron chi connectivity index (χ4n) is 4.84. The highest BCUT2D eigenvalue weighted by atomic mass is 19.1. The van der Waals surface area contributed by atoms with Crippen LogP contribution in [0.15, 0.2) is 42.5 Å². The number of hydrogen-bond acceptors (Lipinski definition) is 4. The Bertz CT molecular complexity index is 916. The quantitative estimate of drug-likeness (QED) is 0.336. The van der Waals surface area contributed by atoms with Gasteiger partial charge in [0, 0.05) is 38.8 Å². The summed E-state index contributed by atoms with van der Waals surface area (Å²) in [5.41, 5.74) is 3.19. The van der Waals surface area contributed by atoms with Crippen molar-refractivity contribution >= 4 is 0 Å². The smallest absolute Gasteiger partial charge is 0.123 e. The Morgan fingerprint density at radius 3 is 2.35 bits per heavy atom. The standard InChI is InChI=1S/C29H40FN3O/c1-4-6-7-8-29(24-9-10-25(22-31)23(3)21-24)33-19-17-32(18-20-33)16-15-27(5-2)34-28-13-11-26(30)12-14-28/h9-14,21,27,29H,4-8,15-20H2,1-3H3. The van der Waals surface area contributed by atoms with Gasteiger partial charge in [0.2, 0.25) is 0 Å². The molecular weight excluding hydrogens is 425 g/mol. The minimum atomic E-state index is -0.234. The van der Waals surface area contributed by atoms with E-state index >= 15 is 0 Å². The lowest BCUT2D eigenvalue weighted by molar-refractivity contribution is 0.0791. The second-order valence-electron chi connectivity index (χ2n) is 9.47. The molecule has 0 N–H and O–H groups in total. The minimum Gasteiger partial charge on any atom is -0.490 e. The first kappa shape index (κ1) is 26.2. The average Bonchev–Trinajstić information content (AvgIpc) is 2.86. The topological polar surface area (TPSA) is 39.5 Å². The van der Waals surface area contributed by atoms with Crippen LogP contribution in [0, 0.1) is 24.1 Å². The molecular formula is C29H40FN3O. The predicted octanol–water partition coefficient (Wildman–Crippen LogP) is 6.49. The number of nitriles is 1. The molecule has 3 rings (SSSR count). The van der Waals surface area contributed by atoms with Crippen molar-refractivity contribution in [3.8, 4) is 11.8 Å². The van der Waals surface area contributed by atoms with Gasteiger partial charge in [0.15, 0.2) is 0 Å². The van der Waals surface area contributed by atoms with Crippen molar-refractivity contribution in [2.45, 2.75) is 71.4 Å². The second-order valence-corrected chi connectivity index (χ2v) is 9.47. The summed E-state index contributed by atoms with van der Waals surface area (Å²) in [6.45, 7) is 11.7. The first-order valence-electron chi connectivity index (χ1n) is 12.9. The number of rotatable bonds is 12. The van der Waals surface area contributed by atoms with Gasteiger partial charge in [-0.15, -0.1) is 0 Å². The molecule has 1 saturated heterocycles. The zero-order valence-electron chi connectivity index (χ0n) is 21.1. The molecule has 1 fully saturated rings. The molecule has 1 heterocycles. The van der Waals surface area contributed by atoms with Crippen molar-refractivity contribution < 1.29 is 9.13 Å². The Morgan fingerprint density at radius 2 is 1.74 bits per heavy atom. The lowest BCUT2D eigenvalue weighted by atomic mass is 9.95. The molecule has 0 spiro atoms. The van der Waals surface area contributed by atoms with Crippen LogP contribution in [0.25, 0.3) is 0 Å². The summed E-state index contributed by atoms with van der Waals surface area (Å²) < 4.78 is 19.2. The van der Waals surface area contributed by atoms with Gasteiger partial charge in [0.1, 0.15) is 11.6 Å². The van der Waals surface area contributed by atoms with E-state index < -0.39 is 0 Å². The van der Waals surface area contributed by atoms with Gasteiger partial charge >= 0.3 is 0 Å². The van der Waals surface area contributed by atoms with E-state index in [9.17, 15) is 9.65 Å². The molecule has 184 valence electrons. The minimum absolute atomic E-state index is 0.145. The molecule has 5 heteroatoms. The highest BCUT2D eigenvalue weighted by Crippen LogP contribution is 2.29. The fourth-order valence-corrected chi connectivity index (χ4v) is 4.84. The van der Waals surface area contributed by atoms with E-state index in [4.69, 9.17) is 4.74 Å². The molecule has 4 nitrogen and oxygen atoms in total. The van der Waals surface area contributed by atoms with Crippen LogP contribution >= 0.6 is 0 Å². The predicted molar refractivity (Wildman–Crippen MR) is 137 cm³/mol. The number of halogens is 1. The third-order valence-electron chi connectivity index (χ3n) is 7.02. The number of nitrogens with zero attached hydrogens (tertiary/aromatic N) is 3. The molecule has 0 radical (unpaired) electrons. The van der Waals surface area contributed by atoms with Crippen molar-refractivity contribution in [3.05, 3.63) is 65.0 Å². The van der Waals surface area contributed by atoms with Gasteiger partial charge in [0.25, 0.3) is 0 Å². The zero-order valence-corrected chi connectivity index (χ0v) is 21.1. The van der Waals surface area contributed by atoms with E-state index in [0.29, 0.717) is 6.04 Å². The Morgan fingerprint density at radius 1 is 1.00 bits per heavy atom. The van der Waals surface area contributed by atoms with E-state index in [1.165, 1.54) is 43.4 Å². The van der Waals surface area contributed by atoms with Crippen LogP contribution in [0.3, 0.4) is 0 Å². The number of benzene rings is 2. The summed E-state index contributed by atoms with van der Waals surface area (Å²) >= 11 is 0. The van der Waals surface area contributed by atoms with Crippen molar-refractivity contribution in [2.24, 2.45) is 0 Å². The molecule has 2 unspecified atom stereocenters. The summed E-state index contributed by atoms with van der Waals surface area (Å²) in [7, 11) is 0. The van der Waals surface area contributed by atoms with Crippen molar-refractivity contribution in [2.75, 3.05) is 32.7 Å². The van der Waals surface area contributed by atoms with Gasteiger partial charge in [-0.1, -0.05) is 45.2 Å². The number of aryl methyl sites for hydroxylation is 1. The van der Waals surface area contributed by atoms with Gasteiger partial charge in [-0.05, 0) is 67.6 Å². The lowest BCUT2D eigenvalue weighted by Gasteiger charge is -2.40. The monoisotopic (exact) mass is 465 g/mol. The zero-order chi connectivity index (χ0) is 24.3. The number of ether oxygens (including phenoxy) is 1. The van der Waals surface area contributed by atoms with Crippen molar-refractivity contribution in [1.82, 2.24) is 9.80 Å². The summed E-state index contributed by atoms with van der Waals surface area (Å²) in [6.07, 6.45) is 6.95. The van der Waals surface area contributed by atoms with E-state index in [1.807, 2.05) is 13.0 Å². The van der Waals surface area contributed by atoms with Crippen molar-refractivity contribution in [3.63, 3.8) is 0 Å². The van der Waals surface area contributed by atoms with Crippen molar-refractivity contribution in [1.29, 1.82) is 5.26 Å². The van der Waals surface area contributed by atoms with Gasteiger partial charge < -0.3 is 9.64 Å².